The number of fused-ring (bicyclic) bond motifs is 6. The lowest BCUT2D eigenvalue weighted by Crippen LogP contribution is -3.16. The maximum Gasteiger partial charge on any atom is 0.0993 e. The van der Waals surface area contributed by atoms with E-state index in [1.54, 1.807) is 22.3 Å². The molecule has 4 saturated carbocycles. The Bertz CT molecular complexity index is 1980. The van der Waals surface area contributed by atoms with Crippen LogP contribution in [0.1, 0.15) is 149 Å². The minimum absolute atomic E-state index is 0.519. The molecule has 6 saturated heterocycles. The molecule has 20 atom stereocenters. The Morgan fingerprint density at radius 1 is 0.288 bits per heavy atom. The molecule has 66 heavy (non-hydrogen) atoms. The van der Waals surface area contributed by atoms with Crippen LogP contribution in [0, 0.1) is 47.3 Å². The van der Waals surface area contributed by atoms with Gasteiger partial charge in [0.25, 0.3) is 0 Å². The van der Waals surface area contributed by atoms with Crippen LogP contribution in [0.3, 0.4) is 0 Å². The number of hydrogen-bond donors (Lipinski definition) is 2. The predicted octanol–water partition coefficient (Wildman–Crippen LogP) is 9.93. The minimum Gasteiger partial charge on any atom is -0.331 e. The number of likely N-dealkylation sites (N-methyl/N-ethyl adjacent to an activating group) is 2. The van der Waals surface area contributed by atoms with Crippen LogP contribution in [0.4, 0.5) is 0 Å². The smallest absolute Gasteiger partial charge is 0.0993 e. The van der Waals surface area contributed by atoms with E-state index in [2.05, 4.69) is 145 Å². The zero-order chi connectivity index (χ0) is 43.6. The molecule has 4 aromatic rings. The van der Waals surface area contributed by atoms with Gasteiger partial charge in [0, 0.05) is 47.8 Å². The van der Waals surface area contributed by atoms with Crippen molar-refractivity contribution in [3.05, 3.63) is 144 Å². The van der Waals surface area contributed by atoms with Crippen molar-refractivity contribution in [1.82, 2.24) is 10.0 Å². The molecular formula is C62H80N4+2. The third-order valence-electron chi connectivity index (χ3n) is 22.4. The highest BCUT2D eigenvalue weighted by Gasteiger charge is 2.74. The first-order valence-corrected chi connectivity index (χ1v) is 28.1. The number of benzene rings is 4. The minimum atomic E-state index is 0.519. The fraction of sp³-hybridized carbons (Fsp3) is 0.613. The molecule has 6 heterocycles. The standard InChI is InChI=1S/C62H78N4/c1-63-55-43-31-15-16-32-44(43)56(63)52(40-25-9-4-10-26-40)60-48-36-20-22-38-50(48)62-54(42-29-13-6-14-30-42)58-46-34-18-17-33-45(46)57(64(58)2)53(41-27-11-5-12-28-41)61-49-37-21-19-35-47(49)59(65(61)66(60)62)51(55)39-23-7-3-8-24-39/h3-14,23-30,43-62H,15-22,31-38H2,1-2H3/p+2. The first kappa shape index (κ1) is 41.7. The molecule has 346 valence electrons. The first-order chi connectivity index (χ1) is 32.7. The summed E-state index contributed by atoms with van der Waals surface area (Å²) in [4.78, 5) is 3.87. The fourth-order valence-electron chi connectivity index (χ4n) is 20.9. The average Bonchev–Trinajstić information content (AvgIpc) is 4.07. The largest absolute Gasteiger partial charge is 0.331 e. The summed E-state index contributed by atoms with van der Waals surface area (Å²) in [6, 6.07) is 54.6. The van der Waals surface area contributed by atoms with Gasteiger partial charge >= 0.3 is 0 Å². The lowest BCUT2D eigenvalue weighted by molar-refractivity contribution is -0.924. The number of quaternary nitrogens is 2. The normalized spacial score (nSPS) is 47.1. The van der Waals surface area contributed by atoms with E-state index in [0.717, 1.165) is 47.3 Å². The lowest BCUT2D eigenvalue weighted by Gasteiger charge is -2.53. The second-order valence-corrected chi connectivity index (χ2v) is 24.5. The highest BCUT2D eigenvalue weighted by atomic mass is 15.7. The Kier molecular flexibility index (Phi) is 10.5. The van der Waals surface area contributed by atoms with E-state index in [4.69, 9.17) is 0 Å². The molecule has 0 spiro atoms. The van der Waals surface area contributed by atoms with Gasteiger partial charge < -0.3 is 9.80 Å². The van der Waals surface area contributed by atoms with Crippen molar-refractivity contribution < 1.29 is 9.80 Å². The van der Waals surface area contributed by atoms with E-state index < -0.39 is 0 Å². The van der Waals surface area contributed by atoms with Crippen LogP contribution < -0.4 is 9.80 Å². The van der Waals surface area contributed by atoms with Gasteiger partial charge in [-0.05, 0) is 97.3 Å². The van der Waals surface area contributed by atoms with Gasteiger partial charge in [-0.15, -0.1) is 0 Å². The molecule has 14 rings (SSSR count). The molecule has 10 fully saturated rings. The van der Waals surface area contributed by atoms with Gasteiger partial charge in [-0.2, -0.15) is 0 Å². The maximum absolute atomic E-state index is 3.52. The van der Waals surface area contributed by atoms with Gasteiger partial charge in [0.05, 0.1) is 61.9 Å². The van der Waals surface area contributed by atoms with Crippen molar-refractivity contribution in [3.63, 3.8) is 0 Å². The molecule has 0 aromatic heterocycles. The molecule has 4 aromatic carbocycles. The quantitative estimate of drug-likeness (QED) is 0.212. The molecule has 6 aliphatic heterocycles. The summed E-state index contributed by atoms with van der Waals surface area (Å²) in [6.45, 7) is 0. The maximum atomic E-state index is 3.52. The molecule has 10 aliphatic rings. The summed E-state index contributed by atoms with van der Waals surface area (Å²) in [5.74, 6) is 8.15. The van der Waals surface area contributed by atoms with Crippen LogP contribution in [0.5, 0.6) is 0 Å². The zero-order valence-electron chi connectivity index (χ0n) is 40.3. The second kappa shape index (κ2) is 16.7. The van der Waals surface area contributed by atoms with E-state index in [9.17, 15) is 0 Å². The second-order valence-electron chi connectivity index (χ2n) is 24.5. The molecule has 4 heteroatoms. The molecule has 20 unspecified atom stereocenters. The van der Waals surface area contributed by atoms with Gasteiger partial charge in [-0.25, -0.2) is 10.0 Å². The Morgan fingerprint density at radius 3 is 0.697 bits per heavy atom. The highest BCUT2D eigenvalue weighted by Crippen LogP contribution is 2.65. The van der Waals surface area contributed by atoms with Crippen LogP contribution >= 0.6 is 0 Å². The average molecular weight is 881 g/mol. The number of hydrazine groups is 1. The zero-order valence-corrected chi connectivity index (χ0v) is 40.3. The molecule has 4 aliphatic carbocycles. The molecular weight excluding hydrogens is 801 g/mol. The summed E-state index contributed by atoms with van der Waals surface area (Å²) >= 11 is 0. The molecule has 0 radical (unpaired) electrons. The van der Waals surface area contributed by atoms with E-state index in [1.165, 1.54) is 103 Å². The molecule has 4 bridgehead atoms. The Hall–Kier alpha value is -3.28. The number of hydrogen-bond acceptors (Lipinski definition) is 2. The van der Waals surface area contributed by atoms with Gasteiger partial charge in [0.15, 0.2) is 0 Å². The van der Waals surface area contributed by atoms with Crippen LogP contribution in [0.15, 0.2) is 121 Å². The number of likely N-dealkylation sites (tertiary alicyclic amines) is 2. The van der Waals surface area contributed by atoms with Crippen molar-refractivity contribution in [2.45, 2.75) is 175 Å². The van der Waals surface area contributed by atoms with Crippen LogP contribution in [0.2, 0.25) is 0 Å². The summed E-state index contributed by atoms with van der Waals surface area (Å²) in [5, 5.41) is 7.04. The molecule has 2 N–H and O–H groups in total. The fourth-order valence-corrected chi connectivity index (χ4v) is 20.9. The predicted molar refractivity (Wildman–Crippen MR) is 266 cm³/mol. The van der Waals surface area contributed by atoms with Crippen molar-refractivity contribution in [2.75, 3.05) is 14.1 Å². The van der Waals surface area contributed by atoms with Crippen LogP contribution in [-0.4, -0.2) is 72.4 Å². The van der Waals surface area contributed by atoms with E-state index in [1.807, 2.05) is 9.80 Å². The van der Waals surface area contributed by atoms with Crippen LogP contribution in [0.25, 0.3) is 0 Å². The third kappa shape index (κ3) is 6.08. The number of nitrogens with zero attached hydrogens (tertiary/aromatic N) is 2. The number of rotatable bonds is 4. The highest BCUT2D eigenvalue weighted by molar-refractivity contribution is 5.36. The summed E-state index contributed by atoms with van der Waals surface area (Å²) in [6.07, 6.45) is 22.8. The molecule has 0 amide bonds. The topological polar surface area (TPSA) is 15.4 Å². The van der Waals surface area contributed by atoms with E-state index in [-0.39, 0.29) is 0 Å². The van der Waals surface area contributed by atoms with E-state index >= 15 is 0 Å². The monoisotopic (exact) mass is 881 g/mol. The van der Waals surface area contributed by atoms with Crippen molar-refractivity contribution in [2.24, 2.45) is 47.3 Å². The van der Waals surface area contributed by atoms with Crippen molar-refractivity contribution in [1.29, 1.82) is 0 Å². The van der Waals surface area contributed by atoms with Gasteiger partial charge in [0.2, 0.25) is 0 Å². The summed E-state index contributed by atoms with van der Waals surface area (Å²) in [5.41, 5.74) is 6.71. The summed E-state index contributed by atoms with van der Waals surface area (Å²) < 4.78 is 0. The van der Waals surface area contributed by atoms with Crippen molar-refractivity contribution in [3.8, 4) is 0 Å². The van der Waals surface area contributed by atoms with Gasteiger partial charge in [0.1, 0.15) is 0 Å². The Balaban J connectivity index is 1.12. The Labute approximate surface area is 397 Å². The van der Waals surface area contributed by atoms with Gasteiger partial charge in [-0.1, -0.05) is 173 Å². The third-order valence-corrected chi connectivity index (χ3v) is 22.4. The van der Waals surface area contributed by atoms with E-state index in [0.29, 0.717) is 72.0 Å². The molecule has 4 nitrogen and oxygen atoms in total. The van der Waals surface area contributed by atoms with Crippen molar-refractivity contribution >= 4 is 0 Å². The van der Waals surface area contributed by atoms with Crippen LogP contribution in [-0.2, 0) is 0 Å². The van der Waals surface area contributed by atoms with Gasteiger partial charge in [-0.3, -0.25) is 0 Å². The lowest BCUT2D eigenvalue weighted by atomic mass is 9.63. The Morgan fingerprint density at radius 2 is 0.485 bits per heavy atom. The number of nitrogens with one attached hydrogen (secondary N) is 2. The summed E-state index contributed by atoms with van der Waals surface area (Å²) in [7, 11) is 5.56. The SMILES string of the molecule is C[NH+]1C2C3CCCCC3C1C(c1ccccc1)C1C3CCCCC3C3C(c4ccccc4)C4C5CCCCC5C(C(c5ccccc5)C5C6CCCCC6C(C2c2ccccc2)N5N13)[NH+]4C. The first-order valence-electron chi connectivity index (χ1n) is 28.1.